The molecule has 0 bridgehead atoms. The number of hydrogen-bond acceptors (Lipinski definition) is 2. The fourth-order valence-corrected chi connectivity index (χ4v) is 0.980. The maximum Gasteiger partial charge on any atom is 0.161 e. The van der Waals surface area contributed by atoms with Crippen LogP contribution in [0, 0.1) is 6.07 Å². The molecule has 0 aliphatic heterocycles. The number of allylic oxidation sites excluding steroid dienone is 1. The van der Waals surface area contributed by atoms with Crippen molar-refractivity contribution in [3.05, 3.63) is 36.4 Å². The molecule has 0 saturated carbocycles. The summed E-state index contributed by atoms with van der Waals surface area (Å²) >= 11 is 0. The van der Waals surface area contributed by atoms with Gasteiger partial charge in [0.05, 0.1) is 7.11 Å². The molecule has 0 amide bonds. The summed E-state index contributed by atoms with van der Waals surface area (Å²) < 4.78 is 4.92. The molecule has 1 aromatic rings. The maximum absolute atomic E-state index is 9.53. The molecular formula is C10H11O2. The molecule has 63 valence electrons. The van der Waals surface area contributed by atoms with Crippen LogP contribution in [0.3, 0.4) is 0 Å². The van der Waals surface area contributed by atoms with E-state index in [9.17, 15) is 5.11 Å². The van der Waals surface area contributed by atoms with E-state index < -0.39 is 0 Å². The lowest BCUT2D eigenvalue weighted by molar-refractivity contribution is 0.371. The van der Waals surface area contributed by atoms with Gasteiger partial charge in [-0.25, -0.2) is 0 Å². The molecular weight excluding hydrogens is 152 g/mol. The number of benzene rings is 1. The smallest absolute Gasteiger partial charge is 0.161 e. The van der Waals surface area contributed by atoms with Gasteiger partial charge in [-0.15, -0.1) is 6.58 Å². The number of methoxy groups -OCH3 is 1. The molecule has 1 N–H and O–H groups in total. The molecule has 2 heteroatoms. The summed E-state index contributed by atoms with van der Waals surface area (Å²) in [5.74, 6) is 0.630. The van der Waals surface area contributed by atoms with Crippen molar-refractivity contribution in [2.75, 3.05) is 7.11 Å². The third kappa shape index (κ3) is 1.59. The van der Waals surface area contributed by atoms with Gasteiger partial charge in [-0.2, -0.15) is 0 Å². The molecule has 0 heterocycles. The molecule has 0 aliphatic carbocycles. The topological polar surface area (TPSA) is 29.5 Å². The minimum atomic E-state index is 0.177. The molecule has 0 aromatic heterocycles. The summed E-state index contributed by atoms with van der Waals surface area (Å²) in [5, 5.41) is 9.53. The van der Waals surface area contributed by atoms with E-state index in [4.69, 9.17) is 4.74 Å². The number of phenols is 1. The van der Waals surface area contributed by atoms with Gasteiger partial charge in [0.1, 0.15) is 0 Å². The van der Waals surface area contributed by atoms with Crippen molar-refractivity contribution >= 4 is 0 Å². The third-order valence-electron chi connectivity index (χ3n) is 1.59. The second kappa shape index (κ2) is 3.81. The normalized spacial score (nSPS) is 9.42. The van der Waals surface area contributed by atoms with Gasteiger partial charge in [0.2, 0.25) is 0 Å². The van der Waals surface area contributed by atoms with Crippen LogP contribution in [0.1, 0.15) is 5.56 Å². The van der Waals surface area contributed by atoms with E-state index in [1.165, 1.54) is 7.11 Å². The summed E-state index contributed by atoms with van der Waals surface area (Å²) in [6.07, 6.45) is 2.35. The fourth-order valence-electron chi connectivity index (χ4n) is 0.980. The Balaban J connectivity index is 3.04. The molecule has 1 aromatic carbocycles. The number of phenolic OH excluding ortho intramolecular Hbond substituents is 1. The molecule has 0 atom stereocenters. The minimum absolute atomic E-state index is 0.177. The predicted molar refractivity (Wildman–Crippen MR) is 47.4 cm³/mol. The molecule has 12 heavy (non-hydrogen) atoms. The Morgan fingerprint density at radius 3 is 3.00 bits per heavy atom. The van der Waals surface area contributed by atoms with Crippen LogP contribution >= 0.6 is 0 Å². The average molecular weight is 163 g/mol. The van der Waals surface area contributed by atoms with Crippen LogP contribution in [0.2, 0.25) is 0 Å². The SMILES string of the molecule is C=CCc1c[c]cc(OC)c1O. The number of rotatable bonds is 3. The van der Waals surface area contributed by atoms with E-state index in [1.54, 1.807) is 18.2 Å². The Morgan fingerprint density at radius 1 is 1.67 bits per heavy atom. The van der Waals surface area contributed by atoms with Crippen molar-refractivity contribution in [1.82, 2.24) is 0 Å². The van der Waals surface area contributed by atoms with Crippen molar-refractivity contribution in [2.24, 2.45) is 0 Å². The summed E-state index contributed by atoms with van der Waals surface area (Å²) in [6, 6.07) is 6.19. The zero-order valence-corrected chi connectivity index (χ0v) is 7.00. The van der Waals surface area contributed by atoms with Crippen LogP contribution in [-0.2, 0) is 6.42 Å². The lowest BCUT2D eigenvalue weighted by Gasteiger charge is -2.05. The van der Waals surface area contributed by atoms with E-state index in [2.05, 4.69) is 12.6 Å². The first-order valence-corrected chi connectivity index (χ1v) is 3.66. The van der Waals surface area contributed by atoms with Crippen molar-refractivity contribution in [2.45, 2.75) is 6.42 Å². The largest absolute Gasteiger partial charge is 0.504 e. The molecule has 0 fully saturated rings. The zero-order valence-electron chi connectivity index (χ0n) is 7.00. The van der Waals surface area contributed by atoms with Crippen LogP contribution < -0.4 is 4.74 Å². The van der Waals surface area contributed by atoms with Crippen molar-refractivity contribution in [3.8, 4) is 11.5 Å². The number of aromatic hydroxyl groups is 1. The number of ether oxygens (including phenoxy) is 1. The first-order chi connectivity index (χ1) is 5.79. The van der Waals surface area contributed by atoms with Gasteiger partial charge < -0.3 is 9.84 Å². The molecule has 1 rings (SSSR count). The third-order valence-corrected chi connectivity index (χ3v) is 1.59. The summed E-state index contributed by atoms with van der Waals surface area (Å²) in [5.41, 5.74) is 0.782. The lowest BCUT2D eigenvalue weighted by Crippen LogP contribution is -1.87. The van der Waals surface area contributed by atoms with Crippen molar-refractivity contribution in [1.29, 1.82) is 0 Å². The predicted octanol–water partition coefficient (Wildman–Crippen LogP) is 1.93. The van der Waals surface area contributed by atoms with Gasteiger partial charge in [0.15, 0.2) is 11.5 Å². The highest BCUT2D eigenvalue weighted by molar-refractivity contribution is 5.45. The quantitative estimate of drug-likeness (QED) is 0.690. The average Bonchev–Trinajstić information content (AvgIpc) is 2.09. The zero-order chi connectivity index (χ0) is 8.97. The molecule has 0 spiro atoms. The Labute approximate surface area is 72.1 Å². The fraction of sp³-hybridized carbons (Fsp3) is 0.200. The van der Waals surface area contributed by atoms with E-state index in [0.717, 1.165) is 5.56 Å². The molecule has 0 unspecified atom stereocenters. The number of hydrogen-bond donors (Lipinski definition) is 1. The lowest BCUT2D eigenvalue weighted by atomic mass is 10.1. The van der Waals surface area contributed by atoms with Crippen LogP contribution in [0.15, 0.2) is 24.8 Å². The molecule has 1 radical (unpaired) electrons. The summed E-state index contributed by atoms with van der Waals surface area (Å²) in [7, 11) is 1.51. The van der Waals surface area contributed by atoms with Gasteiger partial charge in [-0.3, -0.25) is 0 Å². The first kappa shape index (κ1) is 8.65. The van der Waals surface area contributed by atoms with Crippen LogP contribution in [0.4, 0.5) is 0 Å². The van der Waals surface area contributed by atoms with E-state index >= 15 is 0 Å². The van der Waals surface area contributed by atoms with Crippen molar-refractivity contribution in [3.63, 3.8) is 0 Å². The van der Waals surface area contributed by atoms with Gasteiger partial charge in [-0.05, 0) is 24.6 Å². The standard InChI is InChI=1S/C10H11O2/c1-3-5-8-6-4-7-9(12-2)10(8)11/h3,6-7,11H,1,5H2,2H3. The highest BCUT2D eigenvalue weighted by Crippen LogP contribution is 2.29. The minimum Gasteiger partial charge on any atom is -0.504 e. The Bertz CT molecular complexity index is 279. The second-order valence-electron chi connectivity index (χ2n) is 2.39. The molecule has 0 saturated heterocycles. The highest BCUT2D eigenvalue weighted by atomic mass is 16.5. The molecule has 0 aliphatic rings. The van der Waals surface area contributed by atoms with Crippen LogP contribution in [0.5, 0.6) is 11.5 Å². The van der Waals surface area contributed by atoms with E-state index in [-0.39, 0.29) is 5.75 Å². The maximum atomic E-state index is 9.53. The monoisotopic (exact) mass is 163 g/mol. The Kier molecular flexibility index (Phi) is 2.75. The van der Waals surface area contributed by atoms with Gasteiger partial charge in [0.25, 0.3) is 0 Å². The summed E-state index contributed by atoms with van der Waals surface area (Å²) in [4.78, 5) is 0. The van der Waals surface area contributed by atoms with Crippen LogP contribution in [0.25, 0.3) is 0 Å². The summed E-state index contributed by atoms with van der Waals surface area (Å²) in [6.45, 7) is 3.59. The highest BCUT2D eigenvalue weighted by Gasteiger charge is 2.04. The van der Waals surface area contributed by atoms with Gasteiger partial charge in [-0.1, -0.05) is 6.08 Å². The van der Waals surface area contributed by atoms with Gasteiger partial charge >= 0.3 is 0 Å². The van der Waals surface area contributed by atoms with Crippen LogP contribution in [-0.4, -0.2) is 12.2 Å². The second-order valence-corrected chi connectivity index (χ2v) is 2.39. The Hall–Kier alpha value is -1.44. The Morgan fingerprint density at radius 2 is 2.42 bits per heavy atom. The van der Waals surface area contributed by atoms with E-state index in [0.29, 0.717) is 12.2 Å². The molecule has 2 nitrogen and oxygen atoms in total. The van der Waals surface area contributed by atoms with E-state index in [1.807, 2.05) is 0 Å². The van der Waals surface area contributed by atoms with Crippen molar-refractivity contribution < 1.29 is 9.84 Å². The van der Waals surface area contributed by atoms with Gasteiger partial charge in [0, 0.05) is 5.56 Å². The first-order valence-electron chi connectivity index (χ1n) is 3.66.